The molecular weight excluding hydrogens is 310 g/mol. The minimum atomic E-state index is -0.124. The van der Waals surface area contributed by atoms with Crippen LogP contribution in [0.15, 0.2) is 59.7 Å². The fourth-order valence-corrected chi connectivity index (χ4v) is 3.36. The summed E-state index contributed by atoms with van der Waals surface area (Å²) in [6.07, 6.45) is 5.95. The Morgan fingerprint density at radius 2 is 2.09 bits per heavy atom. The Morgan fingerprint density at radius 1 is 1.22 bits per heavy atom. The third kappa shape index (κ3) is 2.75. The topological polar surface area (TPSA) is 78.9 Å². The van der Waals surface area contributed by atoms with Gasteiger partial charge in [0.15, 0.2) is 17.7 Å². The van der Waals surface area contributed by atoms with E-state index in [1.807, 2.05) is 22.8 Å². The zero-order chi connectivity index (χ0) is 15.6. The summed E-state index contributed by atoms with van der Waals surface area (Å²) in [5.41, 5.74) is 7.14. The van der Waals surface area contributed by atoms with Gasteiger partial charge in [0, 0.05) is 11.3 Å². The van der Waals surface area contributed by atoms with Crippen LogP contribution in [0.2, 0.25) is 0 Å². The zero-order valence-electron chi connectivity index (χ0n) is 12.3. The van der Waals surface area contributed by atoms with E-state index in [0.717, 1.165) is 17.9 Å². The number of nitrogen functional groups attached to an aromatic ring is 1. The van der Waals surface area contributed by atoms with Gasteiger partial charge in [0.25, 0.3) is 0 Å². The van der Waals surface area contributed by atoms with E-state index in [4.69, 9.17) is 10.5 Å². The summed E-state index contributed by atoms with van der Waals surface area (Å²) in [5, 5.41) is 0. The number of hydrogen-bond donors (Lipinski definition) is 1. The van der Waals surface area contributed by atoms with Crippen LogP contribution in [-0.4, -0.2) is 25.3 Å². The van der Waals surface area contributed by atoms with Gasteiger partial charge >= 0.3 is 0 Å². The highest BCUT2D eigenvalue weighted by atomic mass is 32.2. The van der Waals surface area contributed by atoms with Gasteiger partial charge in [-0.25, -0.2) is 15.0 Å². The average Bonchev–Trinajstić information content (AvgIpc) is 3.21. The number of nitrogens with two attached hydrogens (primary N) is 1. The highest BCUT2D eigenvalue weighted by Gasteiger charge is 2.22. The van der Waals surface area contributed by atoms with Gasteiger partial charge in [-0.3, -0.25) is 4.57 Å². The predicted octanol–water partition coefficient (Wildman–Crippen LogP) is 3.00. The molecule has 0 amide bonds. The van der Waals surface area contributed by atoms with Gasteiger partial charge in [-0.1, -0.05) is 18.2 Å². The van der Waals surface area contributed by atoms with Gasteiger partial charge in [-0.05, 0) is 18.2 Å². The molecule has 0 spiro atoms. The van der Waals surface area contributed by atoms with Crippen LogP contribution in [0.4, 0.5) is 5.82 Å². The molecule has 0 aliphatic carbocycles. The van der Waals surface area contributed by atoms with Gasteiger partial charge < -0.3 is 10.5 Å². The van der Waals surface area contributed by atoms with Crippen LogP contribution in [0.1, 0.15) is 12.6 Å². The molecular formula is C16H15N5OS. The minimum absolute atomic E-state index is 0.124. The predicted molar refractivity (Wildman–Crippen MR) is 89.7 cm³/mol. The number of thioether (sulfide) groups is 1. The first-order chi connectivity index (χ1) is 11.3. The number of anilines is 1. The van der Waals surface area contributed by atoms with Crippen LogP contribution in [0.25, 0.3) is 11.2 Å². The highest BCUT2D eigenvalue weighted by Crippen LogP contribution is 2.32. The highest BCUT2D eigenvalue weighted by molar-refractivity contribution is 7.99. The molecule has 0 saturated carbocycles. The molecule has 3 heterocycles. The van der Waals surface area contributed by atoms with Crippen LogP contribution in [-0.2, 0) is 4.74 Å². The molecule has 1 atom stereocenters. The largest absolute Gasteiger partial charge is 0.474 e. The maximum Gasteiger partial charge on any atom is 0.181 e. The van der Waals surface area contributed by atoms with Crippen LogP contribution in [0.5, 0.6) is 0 Å². The first kappa shape index (κ1) is 14.1. The molecule has 0 bridgehead atoms. The van der Waals surface area contributed by atoms with E-state index in [2.05, 4.69) is 33.2 Å². The lowest BCUT2D eigenvalue weighted by molar-refractivity contribution is 0.0879. The third-order valence-electron chi connectivity index (χ3n) is 3.66. The first-order valence-corrected chi connectivity index (χ1v) is 8.26. The summed E-state index contributed by atoms with van der Waals surface area (Å²) < 4.78 is 7.94. The molecule has 116 valence electrons. The second-order valence-electron chi connectivity index (χ2n) is 5.16. The molecule has 6 nitrogen and oxygen atoms in total. The molecule has 0 radical (unpaired) electrons. The molecule has 1 aromatic carbocycles. The van der Waals surface area contributed by atoms with E-state index in [1.54, 1.807) is 18.1 Å². The van der Waals surface area contributed by atoms with Crippen molar-refractivity contribution in [2.75, 3.05) is 11.5 Å². The van der Waals surface area contributed by atoms with Crippen molar-refractivity contribution in [1.82, 2.24) is 19.5 Å². The molecule has 23 heavy (non-hydrogen) atoms. The van der Waals surface area contributed by atoms with Crippen LogP contribution in [0, 0.1) is 0 Å². The molecule has 0 unspecified atom stereocenters. The molecule has 2 aromatic heterocycles. The Kier molecular flexibility index (Phi) is 3.63. The molecule has 4 rings (SSSR count). The van der Waals surface area contributed by atoms with E-state index in [0.29, 0.717) is 17.0 Å². The molecule has 3 aromatic rings. The van der Waals surface area contributed by atoms with Gasteiger partial charge in [0.05, 0.1) is 5.75 Å². The number of hydrogen-bond acceptors (Lipinski definition) is 6. The zero-order valence-corrected chi connectivity index (χ0v) is 13.1. The van der Waals surface area contributed by atoms with E-state index >= 15 is 0 Å². The quantitative estimate of drug-likeness (QED) is 0.743. The van der Waals surface area contributed by atoms with Crippen molar-refractivity contribution in [1.29, 1.82) is 0 Å². The monoisotopic (exact) mass is 325 g/mol. The Balaban J connectivity index is 1.46. The van der Waals surface area contributed by atoms with Crippen LogP contribution >= 0.6 is 11.8 Å². The number of nitrogens with zero attached hydrogens (tertiary/aromatic N) is 4. The van der Waals surface area contributed by atoms with Crippen molar-refractivity contribution in [3.63, 3.8) is 0 Å². The standard InChI is InChI=1S/C16H15N5OS/c17-15-14-16(19-9-18-15)21(10-20-14)13-7-6-11(22-13)8-23-12-4-2-1-3-5-12/h1-6,9-10,13H,7-8H2,(H2,17,18,19)/t13-/m1/s1. The smallest absolute Gasteiger partial charge is 0.181 e. The van der Waals surface area contributed by atoms with Crippen molar-refractivity contribution in [2.24, 2.45) is 0 Å². The molecule has 2 N–H and O–H groups in total. The normalized spacial score (nSPS) is 17.2. The molecule has 1 aliphatic rings. The summed E-state index contributed by atoms with van der Waals surface area (Å²) in [4.78, 5) is 13.7. The van der Waals surface area contributed by atoms with Gasteiger partial charge in [-0.2, -0.15) is 0 Å². The summed E-state index contributed by atoms with van der Waals surface area (Å²) in [5.74, 6) is 2.18. The van der Waals surface area contributed by atoms with Gasteiger partial charge in [-0.15, -0.1) is 11.8 Å². The Hall–Kier alpha value is -2.54. The third-order valence-corrected chi connectivity index (χ3v) is 4.69. The fourth-order valence-electron chi connectivity index (χ4n) is 2.52. The number of benzene rings is 1. The van der Waals surface area contributed by atoms with Crippen molar-refractivity contribution in [3.8, 4) is 0 Å². The van der Waals surface area contributed by atoms with Crippen molar-refractivity contribution >= 4 is 28.7 Å². The Bertz CT molecular complexity index is 861. The lowest BCUT2D eigenvalue weighted by Crippen LogP contribution is -2.08. The Labute approximate surface area is 137 Å². The lowest BCUT2D eigenvalue weighted by Gasteiger charge is -2.15. The SMILES string of the molecule is Nc1ncnc2c1ncn2[C@H]1CC=C(CSc2ccccc2)O1. The van der Waals surface area contributed by atoms with Crippen LogP contribution < -0.4 is 5.73 Å². The summed E-state index contributed by atoms with van der Waals surface area (Å²) >= 11 is 1.76. The fraction of sp³-hybridized carbons (Fsp3) is 0.188. The number of rotatable bonds is 4. The van der Waals surface area contributed by atoms with E-state index < -0.39 is 0 Å². The van der Waals surface area contributed by atoms with E-state index in [-0.39, 0.29) is 6.23 Å². The van der Waals surface area contributed by atoms with Gasteiger partial charge in [0.2, 0.25) is 0 Å². The molecule has 7 heteroatoms. The second kappa shape index (κ2) is 5.92. The van der Waals surface area contributed by atoms with Crippen LogP contribution in [0.3, 0.4) is 0 Å². The van der Waals surface area contributed by atoms with Gasteiger partial charge in [0.1, 0.15) is 23.9 Å². The first-order valence-electron chi connectivity index (χ1n) is 7.28. The maximum absolute atomic E-state index is 6.04. The minimum Gasteiger partial charge on any atom is -0.474 e. The number of imidazole rings is 1. The second-order valence-corrected chi connectivity index (χ2v) is 6.21. The van der Waals surface area contributed by atoms with Crippen molar-refractivity contribution in [3.05, 3.63) is 54.8 Å². The number of ether oxygens (including phenoxy) is 1. The summed E-state index contributed by atoms with van der Waals surface area (Å²) in [7, 11) is 0. The number of fused-ring (bicyclic) bond motifs is 1. The molecule has 1 aliphatic heterocycles. The average molecular weight is 325 g/mol. The van der Waals surface area contributed by atoms with Crippen molar-refractivity contribution in [2.45, 2.75) is 17.5 Å². The number of aromatic nitrogens is 4. The van der Waals surface area contributed by atoms with E-state index in [9.17, 15) is 0 Å². The Morgan fingerprint density at radius 3 is 2.96 bits per heavy atom. The summed E-state index contributed by atoms with van der Waals surface area (Å²) in [6.45, 7) is 0. The maximum atomic E-state index is 6.04. The van der Waals surface area contributed by atoms with Crippen molar-refractivity contribution < 1.29 is 4.74 Å². The van der Waals surface area contributed by atoms with E-state index in [1.165, 1.54) is 11.2 Å². The lowest BCUT2D eigenvalue weighted by atomic mass is 10.3. The molecule has 0 saturated heterocycles. The molecule has 0 fully saturated rings. The summed E-state index contributed by atoms with van der Waals surface area (Å²) in [6, 6.07) is 10.3.